The van der Waals surface area contributed by atoms with Gasteiger partial charge < -0.3 is 10.6 Å². The van der Waals surface area contributed by atoms with Crippen molar-refractivity contribution < 1.29 is 14.4 Å². The average Bonchev–Trinajstić information content (AvgIpc) is 3.20. The molecule has 3 aliphatic heterocycles. The van der Waals surface area contributed by atoms with Gasteiger partial charge in [0.1, 0.15) is 0 Å². The van der Waals surface area contributed by atoms with E-state index in [1.807, 2.05) is 18.2 Å². The smallest absolute Gasteiger partial charge is 0.263 e. The van der Waals surface area contributed by atoms with Crippen LogP contribution < -0.4 is 10.6 Å². The molecule has 6 rings (SSSR count). The summed E-state index contributed by atoms with van der Waals surface area (Å²) in [6.07, 6.45) is 0.799. The van der Waals surface area contributed by atoms with Gasteiger partial charge in [0.05, 0.1) is 28.8 Å². The van der Waals surface area contributed by atoms with Crippen molar-refractivity contribution in [2.24, 2.45) is 0 Å². The second kappa shape index (κ2) is 10.6. The van der Waals surface area contributed by atoms with Crippen LogP contribution in [0.3, 0.4) is 0 Å². The van der Waals surface area contributed by atoms with Crippen LogP contribution in [0.5, 0.6) is 0 Å². The molecule has 3 aromatic carbocycles. The number of anilines is 1. The minimum Gasteiger partial charge on any atom is -0.380 e. The van der Waals surface area contributed by atoms with Crippen LogP contribution in [0.2, 0.25) is 0 Å². The van der Waals surface area contributed by atoms with E-state index < -0.39 is 0 Å². The highest BCUT2D eigenvalue weighted by Crippen LogP contribution is 2.33. The molecule has 8 nitrogen and oxygen atoms in total. The zero-order chi connectivity index (χ0) is 27.8. The number of imide groups is 1. The predicted octanol–water partition coefficient (Wildman–Crippen LogP) is 3.95. The summed E-state index contributed by atoms with van der Waals surface area (Å²) in [6.45, 7) is 5.83. The van der Waals surface area contributed by atoms with Gasteiger partial charge in [0.15, 0.2) is 0 Å². The van der Waals surface area contributed by atoms with Crippen molar-refractivity contribution in [3.05, 3.63) is 99.6 Å². The molecular formula is C32H31N5O3. The monoisotopic (exact) mass is 533 g/mol. The number of nitrogens with one attached hydrogen (secondary N) is 2. The lowest BCUT2D eigenvalue weighted by molar-refractivity contribution is -0.123. The van der Waals surface area contributed by atoms with Crippen molar-refractivity contribution in [1.29, 1.82) is 5.26 Å². The van der Waals surface area contributed by atoms with Crippen molar-refractivity contribution in [3.63, 3.8) is 0 Å². The Morgan fingerprint density at radius 1 is 1.02 bits per heavy atom. The Morgan fingerprint density at radius 3 is 2.52 bits per heavy atom. The Kier molecular flexibility index (Phi) is 6.82. The number of likely N-dealkylation sites (tertiary alicyclic amines) is 1. The Balaban J connectivity index is 1.07. The lowest BCUT2D eigenvalue weighted by Crippen LogP contribution is -2.50. The van der Waals surface area contributed by atoms with Gasteiger partial charge in [-0.05, 0) is 59.9 Å². The van der Waals surface area contributed by atoms with Crippen LogP contribution in [0.1, 0.15) is 67.3 Å². The lowest BCUT2D eigenvalue weighted by atomic mass is 9.90. The molecule has 202 valence electrons. The Morgan fingerprint density at radius 2 is 1.82 bits per heavy atom. The fraction of sp³-hybridized carbons (Fsp3) is 0.312. The Bertz CT molecular complexity index is 1530. The van der Waals surface area contributed by atoms with E-state index in [2.05, 4.69) is 58.9 Å². The second-order valence-electron chi connectivity index (χ2n) is 10.9. The molecule has 0 aromatic heterocycles. The second-order valence-corrected chi connectivity index (χ2v) is 10.9. The molecule has 3 heterocycles. The van der Waals surface area contributed by atoms with Crippen LogP contribution in [0.4, 0.5) is 5.69 Å². The van der Waals surface area contributed by atoms with E-state index in [9.17, 15) is 14.4 Å². The number of fused-ring (bicyclic) bond motifs is 1. The number of aryl methyl sites for hydroxylation is 1. The van der Waals surface area contributed by atoms with Crippen LogP contribution in [0.25, 0.3) is 0 Å². The number of piperidine rings is 1. The first-order valence-corrected chi connectivity index (χ1v) is 13.7. The van der Waals surface area contributed by atoms with Crippen LogP contribution in [0.15, 0.2) is 60.7 Å². The van der Waals surface area contributed by atoms with E-state index in [0.29, 0.717) is 54.2 Å². The first-order valence-electron chi connectivity index (χ1n) is 13.7. The summed E-state index contributed by atoms with van der Waals surface area (Å²) in [5, 5.41) is 15.2. The van der Waals surface area contributed by atoms with E-state index in [1.165, 1.54) is 21.6 Å². The molecule has 3 aliphatic rings. The predicted molar refractivity (Wildman–Crippen MR) is 151 cm³/mol. The minimum absolute atomic E-state index is 0.0474. The third-order valence-electron chi connectivity index (χ3n) is 8.30. The maximum atomic E-state index is 13.3. The van der Waals surface area contributed by atoms with Crippen LogP contribution in [0, 0.1) is 18.3 Å². The number of carbonyl (C=O) groups excluding carboxylic acids is 3. The number of nitriles is 1. The fourth-order valence-electron chi connectivity index (χ4n) is 5.97. The lowest BCUT2D eigenvalue weighted by Gasteiger charge is -2.39. The maximum Gasteiger partial charge on any atom is 0.263 e. The molecule has 2 N–H and O–H groups in total. The van der Waals surface area contributed by atoms with Crippen LogP contribution in [-0.2, 0) is 17.9 Å². The van der Waals surface area contributed by atoms with E-state index in [1.54, 1.807) is 12.1 Å². The van der Waals surface area contributed by atoms with E-state index in [0.717, 1.165) is 25.2 Å². The molecule has 3 amide bonds. The molecule has 1 atom stereocenters. The summed E-state index contributed by atoms with van der Waals surface area (Å²) in [4.78, 5) is 41.8. The zero-order valence-electron chi connectivity index (χ0n) is 22.4. The highest BCUT2D eigenvalue weighted by atomic mass is 16.2. The Hall–Kier alpha value is -4.48. The number of carbonyl (C=O) groups is 3. The summed E-state index contributed by atoms with van der Waals surface area (Å²) >= 11 is 0. The number of nitrogens with zero attached hydrogens (tertiary/aromatic N) is 3. The highest BCUT2D eigenvalue weighted by molar-refractivity contribution is 6.24. The molecule has 8 heteroatoms. The SMILES string of the molecule is Cc1cc(CN2CC(c3ccc(C#N)cc3)C2)ccc1CNc1cccc2c1C(=O)N(C1CCC(=O)NC1)C2=O. The third-order valence-corrected chi connectivity index (χ3v) is 8.30. The molecule has 0 spiro atoms. The van der Waals surface area contributed by atoms with Gasteiger partial charge in [0.2, 0.25) is 5.91 Å². The van der Waals surface area contributed by atoms with Gasteiger partial charge in [-0.15, -0.1) is 0 Å². The van der Waals surface area contributed by atoms with Gasteiger partial charge in [-0.1, -0.05) is 36.4 Å². The molecule has 40 heavy (non-hydrogen) atoms. The first kappa shape index (κ1) is 25.8. The van der Waals surface area contributed by atoms with E-state index in [-0.39, 0.29) is 23.8 Å². The average molecular weight is 534 g/mol. The fourth-order valence-corrected chi connectivity index (χ4v) is 5.97. The van der Waals surface area contributed by atoms with E-state index in [4.69, 9.17) is 5.26 Å². The van der Waals surface area contributed by atoms with Crippen LogP contribution >= 0.6 is 0 Å². The van der Waals surface area contributed by atoms with Gasteiger partial charge in [-0.3, -0.25) is 24.2 Å². The molecule has 2 fully saturated rings. The van der Waals surface area contributed by atoms with Gasteiger partial charge in [-0.2, -0.15) is 5.26 Å². The highest BCUT2D eigenvalue weighted by Gasteiger charge is 2.42. The standard InChI is InChI=1S/C32H31N5O3/c1-20-13-22(17-36-18-25(19-36)23-8-5-21(14-33)6-9-23)7-10-24(20)15-34-28-4-2-3-27-30(28)32(40)37(31(27)39)26-11-12-29(38)35-16-26/h2-10,13,25-26,34H,11-12,15-19H2,1H3,(H,35,38). The summed E-state index contributed by atoms with van der Waals surface area (Å²) in [7, 11) is 0. The topological polar surface area (TPSA) is 106 Å². The molecule has 0 aliphatic carbocycles. The number of benzene rings is 3. The Labute approximate surface area is 233 Å². The maximum absolute atomic E-state index is 13.3. The number of rotatable bonds is 7. The van der Waals surface area contributed by atoms with Gasteiger partial charge in [0, 0.05) is 50.7 Å². The van der Waals surface area contributed by atoms with Crippen molar-refractivity contribution >= 4 is 23.4 Å². The minimum atomic E-state index is -0.321. The van der Waals surface area contributed by atoms with Crippen molar-refractivity contribution in [2.75, 3.05) is 25.0 Å². The van der Waals surface area contributed by atoms with Crippen molar-refractivity contribution in [1.82, 2.24) is 15.1 Å². The van der Waals surface area contributed by atoms with Crippen molar-refractivity contribution in [2.45, 2.75) is 44.8 Å². The molecule has 0 saturated carbocycles. The molecule has 0 radical (unpaired) electrons. The quantitative estimate of drug-likeness (QED) is 0.446. The summed E-state index contributed by atoms with van der Waals surface area (Å²) in [5.74, 6) is -0.135. The van der Waals surface area contributed by atoms with Crippen molar-refractivity contribution in [3.8, 4) is 6.07 Å². The molecule has 0 bridgehead atoms. The molecular weight excluding hydrogens is 502 g/mol. The van der Waals surface area contributed by atoms with E-state index >= 15 is 0 Å². The summed E-state index contributed by atoms with van der Waals surface area (Å²) in [6, 6.07) is 21.6. The number of amides is 3. The van der Waals surface area contributed by atoms with Gasteiger partial charge in [-0.25, -0.2) is 0 Å². The molecule has 3 aromatic rings. The summed E-state index contributed by atoms with van der Waals surface area (Å²) < 4.78 is 0. The first-order chi connectivity index (χ1) is 19.4. The third kappa shape index (κ3) is 4.85. The summed E-state index contributed by atoms with van der Waals surface area (Å²) in [5.41, 5.74) is 7.01. The largest absolute Gasteiger partial charge is 0.380 e. The number of hydrogen-bond acceptors (Lipinski definition) is 6. The normalized spacial score (nSPS) is 19.1. The molecule has 2 saturated heterocycles. The van der Waals surface area contributed by atoms with Gasteiger partial charge in [0.25, 0.3) is 11.8 Å². The van der Waals surface area contributed by atoms with Gasteiger partial charge >= 0.3 is 0 Å². The zero-order valence-corrected chi connectivity index (χ0v) is 22.4. The molecule has 1 unspecified atom stereocenters. The number of hydrogen-bond donors (Lipinski definition) is 2. The van der Waals surface area contributed by atoms with Crippen LogP contribution in [-0.4, -0.2) is 53.2 Å².